The Labute approximate surface area is 200 Å². The van der Waals surface area contributed by atoms with Crippen LogP contribution in [0.3, 0.4) is 0 Å². The van der Waals surface area contributed by atoms with E-state index in [2.05, 4.69) is 10.3 Å². The van der Waals surface area contributed by atoms with E-state index in [-0.39, 0.29) is 47.1 Å². The lowest BCUT2D eigenvalue weighted by atomic mass is 10.00. The molecule has 1 aliphatic carbocycles. The van der Waals surface area contributed by atoms with E-state index >= 15 is 0 Å². The van der Waals surface area contributed by atoms with Crippen molar-refractivity contribution in [1.29, 1.82) is 0 Å². The average molecular weight is 485 g/mol. The van der Waals surface area contributed by atoms with Gasteiger partial charge in [0.1, 0.15) is 35.1 Å². The van der Waals surface area contributed by atoms with Gasteiger partial charge < -0.3 is 19.5 Å². The maximum absolute atomic E-state index is 13.2. The lowest BCUT2D eigenvalue weighted by Crippen LogP contribution is -2.30. The van der Waals surface area contributed by atoms with Gasteiger partial charge in [0.25, 0.3) is 0 Å². The Kier molecular flexibility index (Phi) is 6.27. The van der Waals surface area contributed by atoms with Crippen LogP contribution in [0.4, 0.5) is 8.78 Å². The van der Waals surface area contributed by atoms with E-state index in [0.29, 0.717) is 35.7 Å². The number of hydrogen-bond acceptors (Lipinski definition) is 6. The van der Waals surface area contributed by atoms with E-state index in [1.807, 2.05) is 0 Å². The fourth-order valence-corrected chi connectivity index (χ4v) is 4.31. The van der Waals surface area contributed by atoms with E-state index in [1.54, 1.807) is 35.0 Å². The number of aromatic nitrogens is 2. The van der Waals surface area contributed by atoms with Crippen LogP contribution in [-0.2, 0) is 4.79 Å². The predicted molar refractivity (Wildman–Crippen MR) is 122 cm³/mol. The summed E-state index contributed by atoms with van der Waals surface area (Å²) in [5, 5.41) is 2.86. The van der Waals surface area contributed by atoms with Gasteiger partial charge in [-0.1, -0.05) is 0 Å². The van der Waals surface area contributed by atoms with Crippen molar-refractivity contribution in [2.75, 3.05) is 13.7 Å². The largest absolute Gasteiger partial charge is 0.496 e. The smallest absolute Gasteiger partial charge is 0.387 e. The Morgan fingerprint density at radius 2 is 2.03 bits per heavy atom. The summed E-state index contributed by atoms with van der Waals surface area (Å²) in [6.07, 6.45) is 6.79. The van der Waals surface area contributed by atoms with Crippen molar-refractivity contribution in [2.45, 2.75) is 44.8 Å². The number of hydrogen-bond donors (Lipinski definition) is 1. The van der Waals surface area contributed by atoms with Crippen molar-refractivity contribution in [3.05, 3.63) is 42.2 Å². The summed E-state index contributed by atoms with van der Waals surface area (Å²) in [4.78, 5) is 28.6. The van der Waals surface area contributed by atoms with Crippen LogP contribution in [0.25, 0.3) is 16.9 Å². The van der Waals surface area contributed by atoms with Crippen LogP contribution in [0.15, 0.2) is 36.7 Å². The third kappa shape index (κ3) is 5.06. The Hall–Kier alpha value is -3.69. The van der Waals surface area contributed by atoms with Crippen molar-refractivity contribution in [1.82, 2.24) is 14.7 Å². The fourth-order valence-electron chi connectivity index (χ4n) is 4.31. The number of methoxy groups -OCH3 is 1. The minimum absolute atomic E-state index is 0.0177. The molecule has 1 atom stereocenters. The number of amides is 1. The molecule has 184 valence electrons. The van der Waals surface area contributed by atoms with Gasteiger partial charge in [-0.15, -0.1) is 0 Å². The first kappa shape index (κ1) is 23.1. The summed E-state index contributed by atoms with van der Waals surface area (Å²) >= 11 is 0. The number of fused-ring (bicyclic) bond motifs is 1. The highest BCUT2D eigenvalue weighted by Crippen LogP contribution is 2.40. The van der Waals surface area contributed by atoms with Crippen LogP contribution in [-0.4, -0.2) is 47.4 Å². The predicted octanol–water partition coefficient (Wildman–Crippen LogP) is 4.25. The molecule has 8 nitrogen and oxygen atoms in total. The number of carbonyl (C=O) groups excluding carboxylic acids is 2. The molecule has 2 fully saturated rings. The van der Waals surface area contributed by atoms with Crippen LogP contribution < -0.4 is 19.5 Å². The molecule has 3 aromatic rings. The van der Waals surface area contributed by atoms with Gasteiger partial charge in [0, 0.05) is 30.7 Å². The maximum Gasteiger partial charge on any atom is 0.387 e. The molecule has 3 heterocycles. The lowest BCUT2D eigenvalue weighted by molar-refractivity contribution is -0.119. The Morgan fingerprint density at radius 3 is 2.71 bits per heavy atom. The number of nitrogens with zero attached hydrogens (tertiary/aromatic N) is 2. The van der Waals surface area contributed by atoms with Gasteiger partial charge in [0.15, 0.2) is 5.78 Å². The van der Waals surface area contributed by atoms with Crippen molar-refractivity contribution >= 4 is 17.3 Å². The minimum Gasteiger partial charge on any atom is -0.496 e. The quantitative estimate of drug-likeness (QED) is 0.432. The second-order valence-corrected chi connectivity index (χ2v) is 8.85. The molecule has 1 saturated carbocycles. The van der Waals surface area contributed by atoms with Gasteiger partial charge in [-0.05, 0) is 43.4 Å². The number of alkyl halides is 2. The van der Waals surface area contributed by atoms with Crippen LogP contribution in [0.1, 0.15) is 42.5 Å². The Morgan fingerprint density at radius 1 is 1.23 bits per heavy atom. The number of ether oxygens (including phenoxy) is 3. The number of halogens is 2. The molecule has 0 spiro atoms. The van der Waals surface area contributed by atoms with Gasteiger partial charge in [-0.3, -0.25) is 14.0 Å². The highest BCUT2D eigenvalue weighted by molar-refractivity contribution is 6.02. The molecular formula is C25H25F2N3O5. The molecule has 1 unspecified atom stereocenters. The third-order valence-corrected chi connectivity index (χ3v) is 6.27. The number of benzene rings is 1. The van der Waals surface area contributed by atoms with E-state index in [9.17, 15) is 18.4 Å². The van der Waals surface area contributed by atoms with E-state index < -0.39 is 6.61 Å². The van der Waals surface area contributed by atoms with E-state index in [0.717, 1.165) is 19.3 Å². The molecule has 1 saturated heterocycles. The number of imidazole rings is 1. The number of nitrogens with one attached hydrogen (secondary N) is 1. The minimum atomic E-state index is -3.09. The van der Waals surface area contributed by atoms with Crippen LogP contribution in [0.2, 0.25) is 0 Å². The molecule has 5 rings (SSSR count). The SMILES string of the molecule is COc1cc(-c2cnc3cc(OCC4CCC(=O)N4)ccn23)cc(OC(F)F)c1C(=O)CC1CC1. The van der Waals surface area contributed by atoms with Crippen molar-refractivity contribution in [2.24, 2.45) is 5.92 Å². The molecular weight excluding hydrogens is 460 g/mol. The molecule has 1 N–H and O–H groups in total. The first-order valence-corrected chi connectivity index (χ1v) is 11.5. The fraction of sp³-hybridized carbons (Fsp3) is 0.400. The highest BCUT2D eigenvalue weighted by atomic mass is 19.3. The zero-order chi connectivity index (χ0) is 24.5. The van der Waals surface area contributed by atoms with Crippen molar-refractivity contribution < 1.29 is 32.6 Å². The molecule has 0 radical (unpaired) electrons. The second-order valence-electron chi connectivity index (χ2n) is 8.85. The maximum atomic E-state index is 13.2. The summed E-state index contributed by atoms with van der Waals surface area (Å²) < 4.78 is 44.2. The zero-order valence-electron chi connectivity index (χ0n) is 19.1. The molecule has 2 aromatic heterocycles. The standard InChI is InChI=1S/C25H25F2N3O5/c1-33-20-9-15(10-21(35-25(26)27)24(20)19(31)8-14-2-3-14)18-12-28-22-11-17(6-7-30(18)22)34-13-16-4-5-23(32)29-16/h6-7,9-12,14,16,25H,2-5,8,13H2,1H3,(H,29,32). The number of carbonyl (C=O) groups is 2. The summed E-state index contributed by atoms with van der Waals surface area (Å²) in [5.41, 5.74) is 1.73. The van der Waals surface area contributed by atoms with Gasteiger partial charge in [-0.2, -0.15) is 8.78 Å². The number of rotatable bonds is 10. The summed E-state index contributed by atoms with van der Waals surface area (Å²) in [5.74, 6) is 0.594. The zero-order valence-corrected chi connectivity index (χ0v) is 19.1. The Balaban J connectivity index is 1.44. The number of ketones is 1. The molecule has 1 amide bonds. The molecule has 35 heavy (non-hydrogen) atoms. The van der Waals surface area contributed by atoms with Gasteiger partial charge in [-0.25, -0.2) is 4.98 Å². The molecule has 2 aliphatic rings. The van der Waals surface area contributed by atoms with Crippen LogP contribution >= 0.6 is 0 Å². The van der Waals surface area contributed by atoms with Gasteiger partial charge in [0.05, 0.1) is 25.0 Å². The normalized spacial score (nSPS) is 17.6. The first-order chi connectivity index (χ1) is 16.9. The lowest BCUT2D eigenvalue weighted by Gasteiger charge is -2.16. The molecule has 0 bridgehead atoms. The van der Waals surface area contributed by atoms with E-state index in [4.69, 9.17) is 14.2 Å². The molecule has 1 aromatic carbocycles. The second kappa shape index (κ2) is 9.52. The van der Waals surface area contributed by atoms with Crippen molar-refractivity contribution in [3.8, 4) is 28.5 Å². The number of Topliss-reactive ketones (excluding diaryl/α,β-unsaturated/α-hetero) is 1. The van der Waals surface area contributed by atoms with Crippen LogP contribution in [0, 0.1) is 5.92 Å². The molecule has 10 heteroatoms. The monoisotopic (exact) mass is 485 g/mol. The van der Waals surface area contributed by atoms with Gasteiger partial charge in [0.2, 0.25) is 5.91 Å². The summed E-state index contributed by atoms with van der Waals surface area (Å²) in [6, 6.07) is 6.55. The van der Waals surface area contributed by atoms with E-state index in [1.165, 1.54) is 13.2 Å². The summed E-state index contributed by atoms with van der Waals surface area (Å²) in [7, 11) is 1.39. The van der Waals surface area contributed by atoms with Gasteiger partial charge >= 0.3 is 6.61 Å². The number of pyridine rings is 1. The average Bonchev–Trinajstić information content (AvgIpc) is 3.38. The summed E-state index contributed by atoms with van der Waals surface area (Å²) in [6.45, 7) is -2.73. The third-order valence-electron chi connectivity index (χ3n) is 6.27. The van der Waals surface area contributed by atoms with Crippen molar-refractivity contribution in [3.63, 3.8) is 0 Å². The molecule has 1 aliphatic heterocycles. The Bertz CT molecular complexity index is 1270. The topological polar surface area (TPSA) is 91.2 Å². The highest BCUT2D eigenvalue weighted by Gasteiger charge is 2.30. The first-order valence-electron chi connectivity index (χ1n) is 11.5. The van der Waals surface area contributed by atoms with Crippen LogP contribution in [0.5, 0.6) is 17.2 Å².